The van der Waals surface area contributed by atoms with Gasteiger partial charge in [-0.05, 0) is 36.8 Å². The molecule has 0 aliphatic rings. The number of fused-ring (bicyclic) bond motifs is 1. The summed E-state index contributed by atoms with van der Waals surface area (Å²) in [4.78, 5) is 16.5. The SMILES string of the molecule is CC(NC(=O)CCn1cnc2ccccc21)c1ccc(C#N)cc1. The van der Waals surface area contributed by atoms with Crippen LogP contribution in [0.5, 0.6) is 0 Å². The van der Waals surface area contributed by atoms with Gasteiger partial charge in [0.1, 0.15) is 0 Å². The Labute approximate surface area is 140 Å². The number of hydrogen-bond donors (Lipinski definition) is 1. The second-order valence-electron chi connectivity index (χ2n) is 5.70. The lowest BCUT2D eigenvalue weighted by Crippen LogP contribution is -2.27. The van der Waals surface area contributed by atoms with Gasteiger partial charge in [-0.2, -0.15) is 5.26 Å². The van der Waals surface area contributed by atoms with Gasteiger partial charge in [-0.15, -0.1) is 0 Å². The maximum absolute atomic E-state index is 12.2. The van der Waals surface area contributed by atoms with Crippen LogP contribution in [-0.4, -0.2) is 15.5 Å². The van der Waals surface area contributed by atoms with Crippen LogP contribution in [0.1, 0.15) is 30.5 Å². The van der Waals surface area contributed by atoms with Crippen LogP contribution < -0.4 is 5.32 Å². The van der Waals surface area contributed by atoms with Crippen LogP contribution in [0.25, 0.3) is 11.0 Å². The van der Waals surface area contributed by atoms with E-state index in [0.717, 1.165) is 16.6 Å². The molecule has 5 heteroatoms. The van der Waals surface area contributed by atoms with Gasteiger partial charge in [0, 0.05) is 13.0 Å². The molecule has 1 N–H and O–H groups in total. The van der Waals surface area contributed by atoms with E-state index in [4.69, 9.17) is 5.26 Å². The third-order valence-electron chi connectivity index (χ3n) is 4.02. The first kappa shape index (κ1) is 15.8. The van der Waals surface area contributed by atoms with Gasteiger partial charge >= 0.3 is 0 Å². The van der Waals surface area contributed by atoms with Crippen molar-refractivity contribution in [1.29, 1.82) is 5.26 Å². The molecule has 1 aromatic heterocycles. The molecule has 0 aliphatic heterocycles. The molecule has 120 valence electrons. The number of rotatable bonds is 5. The fourth-order valence-electron chi connectivity index (χ4n) is 2.65. The molecule has 0 saturated heterocycles. The zero-order chi connectivity index (χ0) is 16.9. The van der Waals surface area contributed by atoms with Gasteiger partial charge in [-0.3, -0.25) is 4.79 Å². The molecule has 0 fully saturated rings. The summed E-state index contributed by atoms with van der Waals surface area (Å²) in [6, 6.07) is 17.1. The van der Waals surface area contributed by atoms with Crippen molar-refractivity contribution in [2.75, 3.05) is 0 Å². The van der Waals surface area contributed by atoms with E-state index in [1.54, 1.807) is 18.5 Å². The van der Waals surface area contributed by atoms with Crippen molar-refractivity contribution in [2.45, 2.75) is 25.9 Å². The maximum atomic E-state index is 12.2. The highest BCUT2D eigenvalue weighted by atomic mass is 16.1. The van der Waals surface area contributed by atoms with Crippen molar-refractivity contribution in [1.82, 2.24) is 14.9 Å². The van der Waals surface area contributed by atoms with Crippen molar-refractivity contribution in [3.63, 3.8) is 0 Å². The van der Waals surface area contributed by atoms with E-state index in [-0.39, 0.29) is 11.9 Å². The van der Waals surface area contributed by atoms with E-state index in [1.165, 1.54) is 0 Å². The molecule has 3 rings (SSSR count). The van der Waals surface area contributed by atoms with Gasteiger partial charge in [0.25, 0.3) is 0 Å². The van der Waals surface area contributed by atoms with E-state index < -0.39 is 0 Å². The Kier molecular flexibility index (Phi) is 4.57. The lowest BCUT2D eigenvalue weighted by molar-refractivity contribution is -0.121. The molecule has 1 unspecified atom stereocenters. The Morgan fingerprint density at radius 3 is 2.75 bits per heavy atom. The number of amides is 1. The van der Waals surface area contributed by atoms with Crippen LogP contribution in [0, 0.1) is 11.3 Å². The molecule has 5 nitrogen and oxygen atoms in total. The van der Waals surface area contributed by atoms with Gasteiger partial charge in [-0.1, -0.05) is 24.3 Å². The quantitative estimate of drug-likeness (QED) is 0.785. The minimum Gasteiger partial charge on any atom is -0.350 e. The molecule has 0 spiro atoms. The molecule has 0 saturated carbocycles. The summed E-state index contributed by atoms with van der Waals surface area (Å²) in [5.74, 6) is -0.00959. The predicted octanol–water partition coefficient (Wildman–Crippen LogP) is 3.18. The number of carbonyl (C=O) groups excluding carboxylic acids is 1. The zero-order valence-electron chi connectivity index (χ0n) is 13.4. The highest BCUT2D eigenvalue weighted by Gasteiger charge is 2.10. The zero-order valence-corrected chi connectivity index (χ0v) is 13.4. The normalized spacial score (nSPS) is 11.8. The molecular weight excluding hydrogens is 300 g/mol. The molecule has 3 aromatic rings. The lowest BCUT2D eigenvalue weighted by Gasteiger charge is -2.14. The van der Waals surface area contributed by atoms with Crippen molar-refractivity contribution in [3.05, 3.63) is 66.0 Å². The fraction of sp³-hybridized carbons (Fsp3) is 0.211. The van der Waals surface area contributed by atoms with E-state index in [2.05, 4.69) is 16.4 Å². The highest BCUT2D eigenvalue weighted by molar-refractivity contribution is 5.77. The summed E-state index contributed by atoms with van der Waals surface area (Å²) in [6.45, 7) is 2.53. The second-order valence-corrected chi connectivity index (χ2v) is 5.70. The van der Waals surface area contributed by atoms with E-state index in [9.17, 15) is 4.79 Å². The van der Waals surface area contributed by atoms with Crippen molar-refractivity contribution in [2.24, 2.45) is 0 Å². The molecular formula is C19H18N4O. The summed E-state index contributed by atoms with van der Waals surface area (Å²) in [6.07, 6.45) is 2.16. The summed E-state index contributed by atoms with van der Waals surface area (Å²) in [5, 5.41) is 11.8. The van der Waals surface area contributed by atoms with Crippen LogP contribution in [0.15, 0.2) is 54.9 Å². The van der Waals surface area contributed by atoms with E-state index >= 15 is 0 Å². The van der Waals surface area contributed by atoms with Gasteiger partial charge < -0.3 is 9.88 Å². The molecule has 0 bridgehead atoms. The number of para-hydroxylation sites is 2. The van der Waals surface area contributed by atoms with Crippen molar-refractivity contribution in [3.8, 4) is 6.07 Å². The lowest BCUT2D eigenvalue weighted by atomic mass is 10.1. The topological polar surface area (TPSA) is 70.7 Å². The standard InChI is InChI=1S/C19H18N4O/c1-14(16-8-6-15(12-20)7-9-16)22-19(24)10-11-23-13-21-17-4-2-3-5-18(17)23/h2-9,13-14H,10-11H2,1H3,(H,22,24). The molecule has 2 aromatic carbocycles. The number of aryl methyl sites for hydroxylation is 1. The fourth-order valence-corrected chi connectivity index (χ4v) is 2.65. The second kappa shape index (κ2) is 6.97. The van der Waals surface area contributed by atoms with Crippen LogP contribution in [0.2, 0.25) is 0 Å². The number of nitrogens with one attached hydrogen (secondary N) is 1. The van der Waals surface area contributed by atoms with Crippen LogP contribution in [0.4, 0.5) is 0 Å². The monoisotopic (exact) mass is 318 g/mol. The molecule has 0 aliphatic carbocycles. The number of aromatic nitrogens is 2. The van der Waals surface area contributed by atoms with E-state index in [0.29, 0.717) is 18.5 Å². The van der Waals surface area contributed by atoms with Gasteiger partial charge in [-0.25, -0.2) is 4.98 Å². The smallest absolute Gasteiger partial charge is 0.222 e. The van der Waals surface area contributed by atoms with Gasteiger partial charge in [0.15, 0.2) is 0 Å². The Balaban J connectivity index is 1.58. The number of imidazole rings is 1. The first-order chi connectivity index (χ1) is 11.7. The number of nitriles is 1. The van der Waals surface area contributed by atoms with Crippen LogP contribution >= 0.6 is 0 Å². The van der Waals surface area contributed by atoms with E-state index in [1.807, 2.05) is 47.9 Å². The summed E-state index contributed by atoms with van der Waals surface area (Å²) < 4.78 is 1.99. The largest absolute Gasteiger partial charge is 0.350 e. The van der Waals surface area contributed by atoms with Gasteiger partial charge in [0.05, 0.1) is 35.0 Å². The van der Waals surface area contributed by atoms with Crippen LogP contribution in [-0.2, 0) is 11.3 Å². The number of benzene rings is 2. The number of nitrogens with zero attached hydrogens (tertiary/aromatic N) is 3. The molecule has 1 heterocycles. The number of carbonyl (C=O) groups is 1. The number of hydrogen-bond acceptors (Lipinski definition) is 3. The Bertz CT molecular complexity index is 890. The predicted molar refractivity (Wildman–Crippen MR) is 92.1 cm³/mol. The molecule has 24 heavy (non-hydrogen) atoms. The van der Waals surface area contributed by atoms with Crippen LogP contribution in [0.3, 0.4) is 0 Å². The summed E-state index contributed by atoms with van der Waals surface area (Å²) in [7, 11) is 0. The molecule has 0 radical (unpaired) electrons. The highest BCUT2D eigenvalue weighted by Crippen LogP contribution is 2.14. The average Bonchev–Trinajstić information content (AvgIpc) is 3.03. The first-order valence-corrected chi connectivity index (χ1v) is 7.86. The first-order valence-electron chi connectivity index (χ1n) is 7.86. The Hall–Kier alpha value is -3.13. The van der Waals surface area contributed by atoms with Crippen molar-refractivity contribution >= 4 is 16.9 Å². The summed E-state index contributed by atoms with van der Waals surface area (Å²) in [5.41, 5.74) is 3.56. The van der Waals surface area contributed by atoms with Gasteiger partial charge in [0.2, 0.25) is 5.91 Å². The minimum absolute atomic E-state index is 0.00959. The third-order valence-corrected chi connectivity index (χ3v) is 4.02. The minimum atomic E-state index is -0.0928. The maximum Gasteiger partial charge on any atom is 0.222 e. The van der Waals surface area contributed by atoms with Crippen molar-refractivity contribution < 1.29 is 4.79 Å². The molecule has 1 amide bonds. The Morgan fingerprint density at radius 2 is 2.00 bits per heavy atom. The Morgan fingerprint density at radius 1 is 1.25 bits per heavy atom. The summed E-state index contributed by atoms with van der Waals surface area (Å²) >= 11 is 0. The third kappa shape index (κ3) is 3.44. The molecule has 1 atom stereocenters. The average molecular weight is 318 g/mol.